The van der Waals surface area contributed by atoms with Crippen molar-refractivity contribution in [3.63, 3.8) is 0 Å². The van der Waals surface area contributed by atoms with Crippen molar-refractivity contribution in [1.29, 1.82) is 0 Å². The van der Waals surface area contributed by atoms with Gasteiger partial charge in [0.05, 0.1) is 37.7 Å². The van der Waals surface area contributed by atoms with Crippen molar-refractivity contribution in [2.45, 2.75) is 19.1 Å². The molecular formula is C22H20F3N5O4. The van der Waals surface area contributed by atoms with Crippen LogP contribution in [0, 0.1) is 0 Å². The number of nitrogens with one attached hydrogen (secondary N) is 1. The number of halogens is 3. The minimum atomic E-state index is -4.67. The molecule has 0 spiro atoms. The summed E-state index contributed by atoms with van der Waals surface area (Å²) in [6, 6.07) is 8.28. The van der Waals surface area contributed by atoms with E-state index in [0.29, 0.717) is 11.4 Å². The lowest BCUT2D eigenvalue weighted by molar-refractivity contribution is -0.139. The highest BCUT2D eigenvalue weighted by Crippen LogP contribution is 2.37. The molecule has 12 heteroatoms. The summed E-state index contributed by atoms with van der Waals surface area (Å²) < 4.78 is 51.1. The van der Waals surface area contributed by atoms with Crippen LogP contribution in [0.3, 0.4) is 0 Å². The van der Waals surface area contributed by atoms with Gasteiger partial charge < -0.3 is 14.8 Å². The van der Waals surface area contributed by atoms with Crippen LogP contribution in [-0.2, 0) is 6.18 Å². The lowest BCUT2D eigenvalue weighted by atomic mass is 10.1. The van der Waals surface area contributed by atoms with Crippen LogP contribution in [0.25, 0.3) is 0 Å². The molecule has 3 aromatic rings. The predicted molar refractivity (Wildman–Crippen MR) is 115 cm³/mol. The zero-order chi connectivity index (χ0) is 24.6. The fraction of sp³-hybridized carbons (Fsp3) is 0.273. The fourth-order valence-corrected chi connectivity index (χ4v) is 3.72. The van der Waals surface area contributed by atoms with Crippen LogP contribution in [0.15, 0.2) is 42.6 Å². The van der Waals surface area contributed by atoms with E-state index in [-0.39, 0.29) is 29.7 Å². The van der Waals surface area contributed by atoms with Gasteiger partial charge in [0.15, 0.2) is 0 Å². The Labute approximate surface area is 192 Å². The first kappa shape index (κ1) is 23.1. The molecule has 34 heavy (non-hydrogen) atoms. The number of nitrogens with zero attached hydrogens (tertiary/aromatic N) is 4. The number of pyridine rings is 1. The molecule has 1 atom stereocenters. The normalized spacial score (nSPS) is 15.6. The number of amides is 2. The molecule has 0 radical (unpaired) electrons. The third-order valence-electron chi connectivity index (χ3n) is 5.33. The van der Waals surface area contributed by atoms with Crippen LogP contribution < -0.4 is 19.7 Å². The number of hydrogen-bond acceptors (Lipinski definition) is 6. The molecule has 178 valence electrons. The van der Waals surface area contributed by atoms with Crippen LogP contribution in [0.4, 0.5) is 24.7 Å². The number of alkyl halides is 3. The molecule has 4 rings (SSSR count). The summed E-state index contributed by atoms with van der Waals surface area (Å²) in [5.41, 5.74) is -0.659. The maximum absolute atomic E-state index is 13.4. The third kappa shape index (κ3) is 4.02. The molecule has 1 unspecified atom stereocenters. The monoisotopic (exact) mass is 475 g/mol. The maximum atomic E-state index is 13.4. The van der Waals surface area contributed by atoms with E-state index in [1.165, 1.54) is 22.9 Å². The number of methoxy groups -OCH3 is 2. The van der Waals surface area contributed by atoms with Crippen LogP contribution >= 0.6 is 0 Å². The Kier molecular flexibility index (Phi) is 5.90. The summed E-state index contributed by atoms with van der Waals surface area (Å²) in [5, 5.41) is 6.88. The molecule has 2 amide bonds. The van der Waals surface area contributed by atoms with E-state index < -0.39 is 29.4 Å². The molecule has 1 aliphatic rings. The molecule has 1 aromatic carbocycles. The Bertz CT molecular complexity index is 1260. The van der Waals surface area contributed by atoms with Crippen molar-refractivity contribution in [3.8, 4) is 11.6 Å². The van der Waals surface area contributed by atoms with Gasteiger partial charge in [0.25, 0.3) is 11.8 Å². The summed E-state index contributed by atoms with van der Waals surface area (Å²) in [5.74, 6) is -1.48. The van der Waals surface area contributed by atoms with Gasteiger partial charge in [0.1, 0.15) is 22.8 Å². The van der Waals surface area contributed by atoms with E-state index in [9.17, 15) is 22.8 Å². The lowest BCUT2D eigenvalue weighted by Crippen LogP contribution is -2.44. The average molecular weight is 475 g/mol. The second-order valence-corrected chi connectivity index (χ2v) is 7.49. The molecule has 9 nitrogen and oxygen atoms in total. The predicted octanol–water partition coefficient (Wildman–Crippen LogP) is 3.79. The van der Waals surface area contributed by atoms with Gasteiger partial charge in [-0.25, -0.2) is 0 Å². The van der Waals surface area contributed by atoms with Crippen molar-refractivity contribution >= 4 is 23.3 Å². The topological polar surface area (TPSA) is 98.6 Å². The molecule has 1 aliphatic heterocycles. The number of aromatic nitrogens is 3. The Morgan fingerprint density at radius 3 is 2.56 bits per heavy atom. The van der Waals surface area contributed by atoms with Gasteiger partial charge >= 0.3 is 6.18 Å². The highest BCUT2D eigenvalue weighted by molar-refractivity contribution is 6.15. The number of para-hydroxylation sites is 2. The SMILES string of the molecule is COc1ccccc1NC(=O)c1cnn2c1C(=O)N(c1ccc(C(F)(F)F)c(OC)n1)CC2C. The van der Waals surface area contributed by atoms with Gasteiger partial charge in [-0.3, -0.25) is 19.2 Å². The smallest absolute Gasteiger partial charge is 0.421 e. The molecular weight excluding hydrogens is 455 g/mol. The van der Waals surface area contributed by atoms with Crippen molar-refractivity contribution in [2.75, 3.05) is 31.0 Å². The Morgan fingerprint density at radius 1 is 1.15 bits per heavy atom. The maximum Gasteiger partial charge on any atom is 0.421 e. The van der Waals surface area contributed by atoms with Crippen LogP contribution in [0.2, 0.25) is 0 Å². The van der Waals surface area contributed by atoms with Crippen LogP contribution in [0.5, 0.6) is 11.6 Å². The van der Waals surface area contributed by atoms with Crippen molar-refractivity contribution < 1.29 is 32.2 Å². The first-order chi connectivity index (χ1) is 16.2. The van der Waals surface area contributed by atoms with E-state index in [2.05, 4.69) is 15.4 Å². The van der Waals surface area contributed by atoms with Gasteiger partial charge in [0.2, 0.25) is 5.88 Å². The van der Waals surface area contributed by atoms with Gasteiger partial charge in [-0.05, 0) is 31.2 Å². The Hall–Kier alpha value is -4.09. The third-order valence-corrected chi connectivity index (χ3v) is 5.33. The summed E-state index contributed by atoms with van der Waals surface area (Å²) in [7, 11) is 2.53. The van der Waals surface area contributed by atoms with Crippen LogP contribution in [0.1, 0.15) is 39.4 Å². The number of anilines is 2. The zero-order valence-corrected chi connectivity index (χ0v) is 18.4. The zero-order valence-electron chi connectivity index (χ0n) is 18.4. The summed E-state index contributed by atoms with van der Waals surface area (Å²) in [4.78, 5) is 31.5. The van der Waals surface area contributed by atoms with Gasteiger partial charge in [0, 0.05) is 6.54 Å². The molecule has 1 N–H and O–H groups in total. The largest absolute Gasteiger partial charge is 0.495 e. The molecule has 2 aromatic heterocycles. The molecule has 0 fully saturated rings. The van der Waals surface area contributed by atoms with E-state index in [0.717, 1.165) is 19.2 Å². The summed E-state index contributed by atoms with van der Waals surface area (Å²) in [6.45, 7) is 1.85. The van der Waals surface area contributed by atoms with E-state index >= 15 is 0 Å². The molecule has 0 aliphatic carbocycles. The van der Waals surface area contributed by atoms with E-state index in [4.69, 9.17) is 9.47 Å². The molecule has 3 heterocycles. The number of benzene rings is 1. The standard InChI is InChI=1S/C22H20F3N5O4/c1-12-11-29(17-9-8-14(22(23,24)25)20(28-17)34-3)21(32)18-13(10-26-30(12)18)19(31)27-15-6-4-5-7-16(15)33-2/h4-10,12H,11H2,1-3H3,(H,27,31). The van der Waals surface area contributed by atoms with E-state index in [1.807, 2.05) is 0 Å². The van der Waals surface area contributed by atoms with Gasteiger partial charge in [-0.1, -0.05) is 12.1 Å². The molecule has 0 saturated carbocycles. The quantitative estimate of drug-likeness (QED) is 0.603. The Balaban J connectivity index is 1.69. The summed E-state index contributed by atoms with van der Waals surface area (Å²) >= 11 is 0. The molecule has 0 saturated heterocycles. The van der Waals surface area contributed by atoms with Gasteiger partial charge in [-0.2, -0.15) is 23.3 Å². The highest BCUT2D eigenvalue weighted by atomic mass is 19.4. The number of hydrogen-bond donors (Lipinski definition) is 1. The number of carbonyl (C=O) groups excluding carboxylic acids is 2. The lowest BCUT2D eigenvalue weighted by Gasteiger charge is -2.31. The highest BCUT2D eigenvalue weighted by Gasteiger charge is 2.38. The minimum Gasteiger partial charge on any atom is -0.495 e. The van der Waals surface area contributed by atoms with Gasteiger partial charge in [-0.15, -0.1) is 0 Å². The van der Waals surface area contributed by atoms with Crippen LogP contribution in [-0.4, -0.2) is 47.3 Å². The summed E-state index contributed by atoms with van der Waals surface area (Å²) in [6.07, 6.45) is -3.39. The number of ether oxygens (including phenoxy) is 2. The second-order valence-electron chi connectivity index (χ2n) is 7.49. The first-order valence-electron chi connectivity index (χ1n) is 10.1. The van der Waals surface area contributed by atoms with Crippen molar-refractivity contribution in [3.05, 3.63) is 59.4 Å². The average Bonchev–Trinajstić information content (AvgIpc) is 3.27. The van der Waals surface area contributed by atoms with Crippen molar-refractivity contribution in [2.24, 2.45) is 0 Å². The van der Waals surface area contributed by atoms with E-state index in [1.54, 1.807) is 31.2 Å². The minimum absolute atomic E-state index is 0.00586. The Morgan fingerprint density at radius 2 is 1.88 bits per heavy atom. The second kappa shape index (κ2) is 8.69. The first-order valence-corrected chi connectivity index (χ1v) is 10.1. The number of fused-ring (bicyclic) bond motifs is 1. The molecule has 0 bridgehead atoms. The fourth-order valence-electron chi connectivity index (χ4n) is 3.72. The number of carbonyl (C=O) groups is 2. The number of rotatable bonds is 5. The van der Waals surface area contributed by atoms with Crippen molar-refractivity contribution in [1.82, 2.24) is 14.8 Å².